The zero-order chi connectivity index (χ0) is 11.6. The number of nitrogens with zero attached hydrogens (tertiary/aromatic N) is 1. The largest absolute Gasteiger partial charge is 0.442 e. The predicted molar refractivity (Wildman–Crippen MR) is 51.7 cm³/mol. The minimum Gasteiger partial charge on any atom is -0.442 e. The van der Waals surface area contributed by atoms with Gasteiger partial charge in [-0.2, -0.15) is 0 Å². The molecular weight excluding hydrogens is 200 g/mol. The molecule has 0 saturated carbocycles. The summed E-state index contributed by atoms with van der Waals surface area (Å²) in [4.78, 5) is 22.6. The first kappa shape index (κ1) is 11.8. The van der Waals surface area contributed by atoms with Gasteiger partial charge in [0.25, 0.3) is 0 Å². The van der Waals surface area contributed by atoms with Crippen molar-refractivity contribution in [2.24, 2.45) is 0 Å². The second-order valence-electron chi connectivity index (χ2n) is 4.43. The van der Waals surface area contributed by atoms with Crippen LogP contribution in [0.3, 0.4) is 0 Å². The second kappa shape index (κ2) is 4.06. The van der Waals surface area contributed by atoms with Gasteiger partial charge in [-0.05, 0) is 20.8 Å². The summed E-state index contributed by atoms with van der Waals surface area (Å²) in [5, 5.41) is 10.00. The van der Waals surface area contributed by atoms with Crippen LogP contribution >= 0.6 is 0 Å². The Morgan fingerprint density at radius 2 is 2.27 bits per heavy atom. The Morgan fingerprint density at radius 1 is 1.67 bits per heavy atom. The lowest BCUT2D eigenvalue weighted by molar-refractivity contribution is -0.121. The van der Waals surface area contributed by atoms with E-state index in [9.17, 15) is 9.59 Å². The summed E-state index contributed by atoms with van der Waals surface area (Å²) in [6.07, 6.45) is -0.539. The van der Waals surface area contributed by atoms with Gasteiger partial charge >= 0.3 is 6.09 Å². The summed E-state index contributed by atoms with van der Waals surface area (Å²) in [6, 6.07) is -0.535. The summed E-state index contributed by atoms with van der Waals surface area (Å²) >= 11 is 0. The second-order valence-corrected chi connectivity index (χ2v) is 4.43. The van der Waals surface area contributed by atoms with E-state index in [0.29, 0.717) is 0 Å². The minimum atomic E-state index is -0.646. The monoisotopic (exact) mass is 216 g/mol. The molecule has 1 unspecified atom stereocenters. The number of aliphatic hydroxyl groups is 1. The van der Waals surface area contributed by atoms with Crippen LogP contribution in [0.2, 0.25) is 0 Å². The van der Waals surface area contributed by atoms with E-state index in [1.807, 2.05) is 0 Å². The van der Waals surface area contributed by atoms with Crippen molar-refractivity contribution in [2.45, 2.75) is 38.8 Å². The maximum Gasteiger partial charge on any atom is 0.429 e. The molecule has 6 heteroatoms. The van der Waals surface area contributed by atoms with Gasteiger partial charge in [0.2, 0.25) is 5.91 Å². The lowest BCUT2D eigenvalue weighted by Crippen LogP contribution is -2.47. The van der Waals surface area contributed by atoms with Gasteiger partial charge in [0.15, 0.2) is 0 Å². The molecule has 1 aliphatic heterocycles. The average Bonchev–Trinajstić information content (AvgIpc) is 2.43. The Morgan fingerprint density at radius 3 is 2.73 bits per heavy atom. The Hall–Kier alpha value is -1.30. The van der Waals surface area contributed by atoms with E-state index in [-0.39, 0.29) is 18.9 Å². The number of hydrogen-bond acceptors (Lipinski definition) is 4. The number of carbonyl (C=O) groups excluding carboxylic acids is 2. The molecule has 0 bridgehead atoms. The van der Waals surface area contributed by atoms with Crippen LogP contribution in [0.1, 0.15) is 27.2 Å². The van der Waals surface area contributed by atoms with Gasteiger partial charge < -0.3 is 9.84 Å². The van der Waals surface area contributed by atoms with Gasteiger partial charge in [0.1, 0.15) is 5.60 Å². The standard InChI is InChI=1S/C9H16N2O4/c1-9(2,3)15-8(14)11-6(5-12)4-7(13)10-11/h6,12H,4-5H2,1-3H3,(H,10,13). The molecule has 1 rings (SSSR count). The van der Waals surface area contributed by atoms with Crippen molar-refractivity contribution in [2.75, 3.05) is 6.61 Å². The third-order valence-electron chi connectivity index (χ3n) is 1.83. The van der Waals surface area contributed by atoms with Gasteiger partial charge in [-0.1, -0.05) is 0 Å². The number of aliphatic hydroxyl groups excluding tert-OH is 1. The van der Waals surface area contributed by atoms with E-state index >= 15 is 0 Å². The lowest BCUT2D eigenvalue weighted by atomic mass is 10.2. The molecule has 15 heavy (non-hydrogen) atoms. The Labute approximate surface area is 88.2 Å². The molecule has 86 valence electrons. The van der Waals surface area contributed by atoms with Crippen molar-refractivity contribution in [3.8, 4) is 0 Å². The molecule has 0 spiro atoms. The quantitative estimate of drug-likeness (QED) is 0.647. The molecule has 0 radical (unpaired) electrons. The van der Waals surface area contributed by atoms with Crippen LogP contribution in [0.15, 0.2) is 0 Å². The zero-order valence-corrected chi connectivity index (χ0v) is 9.11. The molecule has 6 nitrogen and oxygen atoms in total. The first-order valence-electron chi connectivity index (χ1n) is 4.76. The van der Waals surface area contributed by atoms with Crippen LogP contribution in [0.25, 0.3) is 0 Å². The molecule has 0 aromatic rings. The molecule has 1 saturated heterocycles. The molecule has 1 fully saturated rings. The lowest BCUT2D eigenvalue weighted by Gasteiger charge is -2.26. The highest BCUT2D eigenvalue weighted by Gasteiger charge is 2.36. The van der Waals surface area contributed by atoms with Crippen molar-refractivity contribution < 1.29 is 19.4 Å². The Kier molecular flexibility index (Phi) is 3.18. The zero-order valence-electron chi connectivity index (χ0n) is 9.11. The SMILES string of the molecule is CC(C)(C)OC(=O)N1NC(=O)CC1CO. The number of ether oxygens (including phenoxy) is 1. The molecule has 1 aliphatic rings. The molecule has 1 heterocycles. The van der Waals surface area contributed by atoms with Gasteiger partial charge in [-0.3, -0.25) is 10.2 Å². The van der Waals surface area contributed by atoms with E-state index in [2.05, 4.69) is 5.43 Å². The number of amides is 2. The highest BCUT2D eigenvalue weighted by molar-refractivity contribution is 5.83. The minimum absolute atomic E-state index is 0.107. The fourth-order valence-corrected chi connectivity index (χ4v) is 1.23. The summed E-state index contributed by atoms with van der Waals surface area (Å²) in [5.41, 5.74) is 1.72. The summed E-state index contributed by atoms with van der Waals surface area (Å²) < 4.78 is 5.06. The van der Waals surface area contributed by atoms with Crippen LogP contribution in [-0.2, 0) is 9.53 Å². The third-order valence-corrected chi connectivity index (χ3v) is 1.83. The van der Waals surface area contributed by atoms with Crippen LogP contribution in [0.4, 0.5) is 4.79 Å². The molecule has 2 amide bonds. The summed E-state index contributed by atoms with van der Waals surface area (Å²) in [7, 11) is 0. The maximum atomic E-state index is 11.6. The number of rotatable bonds is 1. The number of hydrogen-bond donors (Lipinski definition) is 2. The van der Waals surface area contributed by atoms with E-state index < -0.39 is 17.7 Å². The van der Waals surface area contributed by atoms with E-state index in [1.54, 1.807) is 20.8 Å². The molecule has 0 aliphatic carbocycles. The number of hydrazine groups is 1. The number of nitrogens with one attached hydrogen (secondary N) is 1. The Bertz CT molecular complexity index is 272. The van der Waals surface area contributed by atoms with Crippen molar-refractivity contribution in [1.82, 2.24) is 10.4 Å². The van der Waals surface area contributed by atoms with Crippen LogP contribution in [0, 0.1) is 0 Å². The maximum absolute atomic E-state index is 11.6. The van der Waals surface area contributed by atoms with Gasteiger partial charge in [-0.15, -0.1) is 0 Å². The van der Waals surface area contributed by atoms with Gasteiger partial charge in [0.05, 0.1) is 19.1 Å². The fourth-order valence-electron chi connectivity index (χ4n) is 1.23. The number of carbonyl (C=O) groups is 2. The summed E-state index contributed by atoms with van der Waals surface area (Å²) in [6.45, 7) is 4.93. The van der Waals surface area contributed by atoms with E-state index in [0.717, 1.165) is 5.01 Å². The van der Waals surface area contributed by atoms with Gasteiger partial charge in [-0.25, -0.2) is 9.80 Å². The molecule has 1 atom stereocenters. The highest BCUT2D eigenvalue weighted by atomic mass is 16.6. The van der Waals surface area contributed by atoms with E-state index in [4.69, 9.17) is 9.84 Å². The van der Waals surface area contributed by atoms with Crippen molar-refractivity contribution in [3.63, 3.8) is 0 Å². The van der Waals surface area contributed by atoms with Crippen LogP contribution in [0.5, 0.6) is 0 Å². The Balaban J connectivity index is 2.63. The van der Waals surface area contributed by atoms with Crippen molar-refractivity contribution in [1.29, 1.82) is 0 Å². The predicted octanol–water partition coefficient (Wildman–Crippen LogP) is 0.0193. The first-order valence-corrected chi connectivity index (χ1v) is 4.76. The van der Waals surface area contributed by atoms with E-state index in [1.165, 1.54) is 0 Å². The smallest absolute Gasteiger partial charge is 0.429 e. The first-order chi connectivity index (χ1) is 6.83. The van der Waals surface area contributed by atoms with Crippen LogP contribution in [-0.4, -0.2) is 40.4 Å². The van der Waals surface area contributed by atoms with Gasteiger partial charge in [0, 0.05) is 0 Å². The third kappa shape index (κ3) is 3.09. The average molecular weight is 216 g/mol. The van der Waals surface area contributed by atoms with Crippen LogP contribution < -0.4 is 5.43 Å². The normalized spacial score (nSPS) is 21.5. The molecular formula is C9H16N2O4. The fraction of sp³-hybridized carbons (Fsp3) is 0.778. The topological polar surface area (TPSA) is 78.9 Å². The molecule has 0 aromatic heterocycles. The molecule has 0 aromatic carbocycles. The molecule has 2 N–H and O–H groups in total. The van der Waals surface area contributed by atoms with Crippen molar-refractivity contribution >= 4 is 12.0 Å². The summed E-state index contributed by atoms with van der Waals surface area (Å²) in [5.74, 6) is -0.292. The highest BCUT2D eigenvalue weighted by Crippen LogP contribution is 2.15. The van der Waals surface area contributed by atoms with Crippen molar-refractivity contribution in [3.05, 3.63) is 0 Å².